The molecule has 0 aromatic heterocycles. The summed E-state index contributed by atoms with van der Waals surface area (Å²) in [6.45, 7) is 4.45. The molecule has 0 heterocycles. The minimum absolute atomic E-state index is 0.136. The zero-order valence-corrected chi connectivity index (χ0v) is 14.5. The molecule has 0 fully saturated rings. The van der Waals surface area contributed by atoms with Gasteiger partial charge in [-0.3, -0.25) is 4.79 Å². The molecule has 2 rings (SSSR count). The first kappa shape index (κ1) is 16.3. The number of benzene rings is 1. The molecular weight excluding hydrogens is 328 g/mol. The molecule has 0 unspecified atom stereocenters. The maximum atomic E-state index is 12.3. The van der Waals surface area contributed by atoms with Crippen molar-refractivity contribution in [1.82, 2.24) is 0 Å². The molecule has 21 heavy (non-hydrogen) atoms. The Kier molecular flexibility index (Phi) is 5.63. The van der Waals surface area contributed by atoms with Crippen LogP contribution in [-0.2, 0) is 9.53 Å². The molecular formula is C18H23BrO2. The third-order valence-corrected chi connectivity index (χ3v) is 4.81. The Labute approximate surface area is 135 Å². The summed E-state index contributed by atoms with van der Waals surface area (Å²) in [5.41, 5.74) is 2.51. The van der Waals surface area contributed by atoms with Crippen molar-refractivity contribution in [2.75, 3.05) is 7.11 Å². The van der Waals surface area contributed by atoms with Gasteiger partial charge in [-0.15, -0.1) is 0 Å². The number of methoxy groups -OCH3 is 1. The average Bonchev–Trinajstić information content (AvgIpc) is 2.49. The predicted octanol–water partition coefficient (Wildman–Crippen LogP) is 5.09. The lowest BCUT2D eigenvalue weighted by Crippen LogP contribution is -2.24. The quantitative estimate of drug-likeness (QED) is 0.558. The minimum atomic E-state index is -0.197. The van der Waals surface area contributed by atoms with Crippen molar-refractivity contribution in [3.63, 3.8) is 0 Å². The normalized spacial score (nSPS) is 20.0. The Morgan fingerprint density at radius 1 is 1.29 bits per heavy atom. The lowest BCUT2D eigenvalue weighted by molar-refractivity contribution is -0.143. The molecule has 3 heteroatoms. The van der Waals surface area contributed by atoms with Gasteiger partial charge in [-0.1, -0.05) is 53.6 Å². The van der Waals surface area contributed by atoms with E-state index in [2.05, 4.69) is 35.9 Å². The van der Waals surface area contributed by atoms with Crippen LogP contribution in [0, 0.1) is 11.8 Å². The topological polar surface area (TPSA) is 26.3 Å². The van der Waals surface area contributed by atoms with Crippen molar-refractivity contribution < 1.29 is 9.53 Å². The van der Waals surface area contributed by atoms with Gasteiger partial charge in [-0.2, -0.15) is 0 Å². The molecule has 1 aliphatic carbocycles. The van der Waals surface area contributed by atoms with E-state index in [1.54, 1.807) is 0 Å². The van der Waals surface area contributed by atoms with E-state index in [1.807, 2.05) is 24.3 Å². The summed E-state index contributed by atoms with van der Waals surface area (Å²) >= 11 is 3.45. The number of hydrogen-bond donors (Lipinski definition) is 0. The molecule has 2 atom stereocenters. The van der Waals surface area contributed by atoms with Gasteiger partial charge in [0.25, 0.3) is 0 Å². The van der Waals surface area contributed by atoms with Gasteiger partial charge in [0, 0.05) is 4.47 Å². The van der Waals surface area contributed by atoms with Crippen molar-refractivity contribution >= 4 is 21.9 Å². The monoisotopic (exact) mass is 350 g/mol. The number of carbonyl (C=O) groups excluding carboxylic acids is 1. The summed E-state index contributed by atoms with van der Waals surface area (Å²) in [5.74, 6) is 0.460. The van der Waals surface area contributed by atoms with Crippen LogP contribution in [0.2, 0.25) is 0 Å². The minimum Gasteiger partial charge on any atom is -0.469 e. The molecule has 1 aromatic carbocycles. The number of allylic oxidation sites excluding steroid dienone is 2. The molecule has 1 aromatic rings. The van der Waals surface area contributed by atoms with Gasteiger partial charge in [0.2, 0.25) is 0 Å². The fourth-order valence-corrected chi connectivity index (χ4v) is 3.35. The summed E-state index contributed by atoms with van der Waals surface area (Å²) in [7, 11) is 1.48. The zero-order valence-electron chi connectivity index (χ0n) is 12.9. The maximum absolute atomic E-state index is 12.3. The van der Waals surface area contributed by atoms with Crippen molar-refractivity contribution in [3.8, 4) is 0 Å². The Bertz CT molecular complexity index is 517. The molecule has 0 N–H and O–H groups in total. The van der Waals surface area contributed by atoms with Crippen molar-refractivity contribution in [3.05, 3.63) is 46.0 Å². The summed E-state index contributed by atoms with van der Waals surface area (Å²) in [6, 6.07) is 8.01. The highest BCUT2D eigenvalue weighted by Crippen LogP contribution is 2.37. The standard InChI is InChI=1S/C18H23BrO2/c1-12(2)14-5-4-6-15(11-14)17(18(20)21-3)13-7-9-16(19)10-8-13/h7-12,15,17H,4-6H2,1-3H3/t15-,17-/m0/s1. The maximum Gasteiger partial charge on any atom is 0.313 e. The van der Waals surface area contributed by atoms with Crippen LogP contribution in [0.5, 0.6) is 0 Å². The Morgan fingerprint density at radius 3 is 2.52 bits per heavy atom. The van der Waals surface area contributed by atoms with Crippen LogP contribution in [0.25, 0.3) is 0 Å². The third kappa shape index (κ3) is 3.97. The van der Waals surface area contributed by atoms with E-state index in [4.69, 9.17) is 4.74 Å². The fourth-order valence-electron chi connectivity index (χ4n) is 3.08. The smallest absolute Gasteiger partial charge is 0.313 e. The second kappa shape index (κ2) is 7.26. The Morgan fingerprint density at radius 2 is 1.95 bits per heavy atom. The Balaban J connectivity index is 2.34. The number of esters is 1. The highest BCUT2D eigenvalue weighted by Gasteiger charge is 2.31. The van der Waals surface area contributed by atoms with Gasteiger partial charge in [0.1, 0.15) is 0 Å². The van der Waals surface area contributed by atoms with E-state index in [1.165, 1.54) is 12.7 Å². The Hall–Kier alpha value is -1.09. The highest BCUT2D eigenvalue weighted by atomic mass is 79.9. The van der Waals surface area contributed by atoms with Gasteiger partial charge in [0.05, 0.1) is 13.0 Å². The van der Waals surface area contributed by atoms with Crippen LogP contribution in [0.4, 0.5) is 0 Å². The molecule has 0 aliphatic heterocycles. The number of ether oxygens (including phenoxy) is 1. The van der Waals surface area contributed by atoms with Crippen molar-refractivity contribution in [2.24, 2.45) is 11.8 Å². The van der Waals surface area contributed by atoms with E-state index in [9.17, 15) is 4.79 Å². The fraction of sp³-hybridized carbons (Fsp3) is 0.500. The SMILES string of the molecule is COC(=O)[C@@H](c1ccc(Br)cc1)[C@@H]1C=C(C(C)C)CCC1. The van der Waals surface area contributed by atoms with Crippen LogP contribution >= 0.6 is 15.9 Å². The second-order valence-corrected chi connectivity index (χ2v) is 6.92. The predicted molar refractivity (Wildman–Crippen MR) is 89.2 cm³/mol. The lowest BCUT2D eigenvalue weighted by Gasteiger charge is -2.29. The summed E-state index contributed by atoms with van der Waals surface area (Å²) in [6.07, 6.45) is 5.67. The molecule has 2 nitrogen and oxygen atoms in total. The molecule has 1 aliphatic rings. The highest BCUT2D eigenvalue weighted by molar-refractivity contribution is 9.10. The second-order valence-electron chi connectivity index (χ2n) is 6.00. The molecule has 0 spiro atoms. The van der Waals surface area contributed by atoms with Crippen LogP contribution in [0.15, 0.2) is 40.4 Å². The van der Waals surface area contributed by atoms with Gasteiger partial charge in [-0.05, 0) is 48.8 Å². The zero-order chi connectivity index (χ0) is 15.4. The molecule has 0 saturated heterocycles. The number of hydrogen-bond acceptors (Lipinski definition) is 2. The largest absolute Gasteiger partial charge is 0.469 e. The molecule has 114 valence electrons. The molecule has 0 bridgehead atoms. The number of carbonyl (C=O) groups is 1. The van der Waals surface area contributed by atoms with E-state index in [0.717, 1.165) is 29.3 Å². The van der Waals surface area contributed by atoms with Crippen LogP contribution in [0.1, 0.15) is 44.6 Å². The van der Waals surface area contributed by atoms with Gasteiger partial charge in [-0.25, -0.2) is 0 Å². The first-order valence-electron chi connectivity index (χ1n) is 7.56. The summed E-state index contributed by atoms with van der Waals surface area (Å²) in [5, 5.41) is 0. The first-order valence-corrected chi connectivity index (χ1v) is 8.36. The first-order chi connectivity index (χ1) is 10.0. The number of halogens is 1. The summed E-state index contributed by atoms with van der Waals surface area (Å²) in [4.78, 5) is 12.3. The van der Waals surface area contributed by atoms with Crippen molar-refractivity contribution in [2.45, 2.75) is 39.0 Å². The van der Waals surface area contributed by atoms with Gasteiger partial charge in [0.15, 0.2) is 0 Å². The average molecular weight is 351 g/mol. The van der Waals surface area contributed by atoms with E-state index < -0.39 is 0 Å². The summed E-state index contributed by atoms with van der Waals surface area (Å²) < 4.78 is 6.09. The van der Waals surface area contributed by atoms with Crippen LogP contribution < -0.4 is 0 Å². The van der Waals surface area contributed by atoms with Crippen LogP contribution in [-0.4, -0.2) is 13.1 Å². The molecule has 0 amide bonds. The number of rotatable bonds is 4. The van der Waals surface area contributed by atoms with E-state index >= 15 is 0 Å². The van der Waals surface area contributed by atoms with Gasteiger partial charge < -0.3 is 4.74 Å². The van der Waals surface area contributed by atoms with Crippen molar-refractivity contribution in [1.29, 1.82) is 0 Å². The lowest BCUT2D eigenvalue weighted by atomic mass is 9.76. The molecule has 0 radical (unpaired) electrons. The van der Waals surface area contributed by atoms with Gasteiger partial charge >= 0.3 is 5.97 Å². The molecule has 0 saturated carbocycles. The van der Waals surface area contributed by atoms with E-state index in [-0.39, 0.29) is 17.8 Å². The van der Waals surface area contributed by atoms with Crippen LogP contribution in [0.3, 0.4) is 0 Å². The third-order valence-electron chi connectivity index (χ3n) is 4.29. The van der Waals surface area contributed by atoms with E-state index in [0.29, 0.717) is 5.92 Å².